The van der Waals surface area contributed by atoms with E-state index in [4.69, 9.17) is 0 Å². The second-order valence-corrected chi connectivity index (χ2v) is 5.84. The maximum atomic E-state index is 13.7. The maximum absolute atomic E-state index is 13.7. The number of pyridine rings is 1. The number of hydrogen-bond donors (Lipinski definition) is 2. The smallest absolute Gasteiger partial charge is 0.254 e. The molecule has 1 aliphatic rings. The van der Waals surface area contributed by atoms with Crippen LogP contribution in [-0.2, 0) is 0 Å². The summed E-state index contributed by atoms with van der Waals surface area (Å²) < 4.78 is 13.7. The predicted molar refractivity (Wildman–Crippen MR) is 92.9 cm³/mol. The van der Waals surface area contributed by atoms with Crippen LogP contribution in [0.3, 0.4) is 0 Å². The number of benzene rings is 1. The minimum absolute atomic E-state index is 0.135. The van der Waals surface area contributed by atoms with E-state index in [-0.39, 0.29) is 17.8 Å². The average molecular weight is 328 g/mol. The number of aromatic nitrogens is 1. The molecule has 1 aromatic carbocycles. The Morgan fingerprint density at radius 1 is 1.21 bits per heavy atom. The molecule has 0 aliphatic carbocycles. The lowest BCUT2D eigenvalue weighted by Gasteiger charge is -2.34. The Morgan fingerprint density at radius 2 is 1.96 bits per heavy atom. The van der Waals surface area contributed by atoms with E-state index < -0.39 is 0 Å². The van der Waals surface area contributed by atoms with Crippen LogP contribution in [0.2, 0.25) is 0 Å². The fourth-order valence-corrected chi connectivity index (χ4v) is 2.99. The summed E-state index contributed by atoms with van der Waals surface area (Å²) in [5.41, 5.74) is 1.13. The quantitative estimate of drug-likeness (QED) is 0.906. The number of nitrogens with zero attached hydrogens (tertiary/aromatic N) is 2. The Kier molecular flexibility index (Phi) is 4.93. The van der Waals surface area contributed by atoms with Crippen LogP contribution in [0.4, 0.5) is 15.9 Å². The highest BCUT2D eigenvalue weighted by Gasteiger charge is 2.23. The van der Waals surface area contributed by atoms with Crippen molar-refractivity contribution in [1.29, 1.82) is 0 Å². The molecule has 2 N–H and O–H groups in total. The van der Waals surface area contributed by atoms with E-state index in [1.54, 1.807) is 37.5 Å². The van der Waals surface area contributed by atoms with E-state index in [2.05, 4.69) is 20.5 Å². The molecule has 1 amide bonds. The first-order valence-electron chi connectivity index (χ1n) is 8.12. The van der Waals surface area contributed by atoms with E-state index in [9.17, 15) is 9.18 Å². The Morgan fingerprint density at radius 3 is 2.67 bits per heavy atom. The second kappa shape index (κ2) is 7.29. The molecule has 126 valence electrons. The van der Waals surface area contributed by atoms with Crippen LogP contribution in [-0.4, -0.2) is 37.1 Å². The highest BCUT2D eigenvalue weighted by Crippen LogP contribution is 2.24. The van der Waals surface area contributed by atoms with Gasteiger partial charge in [-0.15, -0.1) is 0 Å². The van der Waals surface area contributed by atoms with Gasteiger partial charge in [0.2, 0.25) is 0 Å². The molecule has 6 heteroatoms. The molecule has 0 radical (unpaired) electrons. The minimum atomic E-state index is -0.230. The van der Waals surface area contributed by atoms with Gasteiger partial charge in [0.15, 0.2) is 0 Å². The number of para-hydroxylation sites is 1. The number of halogens is 1. The van der Waals surface area contributed by atoms with Gasteiger partial charge >= 0.3 is 0 Å². The van der Waals surface area contributed by atoms with Gasteiger partial charge in [0.25, 0.3) is 5.91 Å². The molecule has 0 saturated carbocycles. The van der Waals surface area contributed by atoms with Crippen LogP contribution in [0.1, 0.15) is 23.2 Å². The van der Waals surface area contributed by atoms with Crippen LogP contribution in [0.5, 0.6) is 0 Å². The second-order valence-electron chi connectivity index (χ2n) is 5.84. The molecule has 0 atom stereocenters. The number of piperidine rings is 1. The topological polar surface area (TPSA) is 57.3 Å². The molecule has 1 aliphatic heterocycles. The Labute approximate surface area is 140 Å². The summed E-state index contributed by atoms with van der Waals surface area (Å²) in [4.78, 5) is 18.5. The van der Waals surface area contributed by atoms with Gasteiger partial charge in [-0.2, -0.15) is 0 Å². The molecule has 3 rings (SSSR count). The van der Waals surface area contributed by atoms with Crippen LogP contribution >= 0.6 is 0 Å². The zero-order valence-electron chi connectivity index (χ0n) is 13.6. The number of amides is 1. The van der Waals surface area contributed by atoms with Crippen LogP contribution in [0, 0.1) is 5.82 Å². The van der Waals surface area contributed by atoms with Crippen LogP contribution < -0.4 is 15.5 Å². The van der Waals surface area contributed by atoms with E-state index in [0.29, 0.717) is 17.1 Å². The fourth-order valence-electron chi connectivity index (χ4n) is 2.99. The van der Waals surface area contributed by atoms with Gasteiger partial charge in [0.1, 0.15) is 11.6 Å². The third kappa shape index (κ3) is 3.48. The van der Waals surface area contributed by atoms with Gasteiger partial charge < -0.3 is 15.5 Å². The number of hydrogen-bond acceptors (Lipinski definition) is 4. The third-order valence-electron chi connectivity index (χ3n) is 4.29. The summed E-state index contributed by atoms with van der Waals surface area (Å²) in [6.07, 6.45) is 3.42. The lowest BCUT2D eigenvalue weighted by Crippen LogP contribution is -2.40. The summed E-state index contributed by atoms with van der Waals surface area (Å²) >= 11 is 0. The van der Waals surface area contributed by atoms with Gasteiger partial charge in [-0.25, -0.2) is 9.37 Å². The standard InChI is InChI=1S/C18H21FN4O/c1-20-18(24)14-5-4-10-21-17(14)23-11-8-13(9-12-23)22-16-7-3-2-6-15(16)19/h2-7,10,13,22H,8-9,11-12H2,1H3,(H,20,24). The molecule has 2 heterocycles. The van der Waals surface area contributed by atoms with Crippen LogP contribution in [0.25, 0.3) is 0 Å². The molecule has 1 fully saturated rings. The Hall–Kier alpha value is -2.63. The van der Waals surface area contributed by atoms with Crippen molar-refractivity contribution in [2.24, 2.45) is 0 Å². The lowest BCUT2D eigenvalue weighted by molar-refractivity contribution is 0.0963. The monoisotopic (exact) mass is 328 g/mol. The predicted octanol–water partition coefficient (Wildman–Crippen LogP) is 2.66. The Balaban J connectivity index is 1.66. The molecule has 24 heavy (non-hydrogen) atoms. The lowest BCUT2D eigenvalue weighted by atomic mass is 10.0. The van der Waals surface area contributed by atoms with Crippen molar-refractivity contribution in [2.45, 2.75) is 18.9 Å². The normalized spacial score (nSPS) is 15.2. The molecule has 0 bridgehead atoms. The van der Waals surface area contributed by atoms with Crippen molar-refractivity contribution in [3.63, 3.8) is 0 Å². The van der Waals surface area contributed by atoms with Crippen molar-refractivity contribution in [3.05, 3.63) is 54.0 Å². The first-order valence-corrected chi connectivity index (χ1v) is 8.12. The number of carbonyl (C=O) groups is 1. The third-order valence-corrected chi connectivity index (χ3v) is 4.29. The van der Waals surface area contributed by atoms with Gasteiger partial charge in [0.05, 0.1) is 11.3 Å². The first kappa shape index (κ1) is 16.2. The first-order chi connectivity index (χ1) is 11.7. The number of anilines is 2. The highest BCUT2D eigenvalue weighted by atomic mass is 19.1. The van der Waals surface area contributed by atoms with Gasteiger partial charge in [0, 0.05) is 32.4 Å². The van der Waals surface area contributed by atoms with E-state index in [1.165, 1.54) is 6.07 Å². The molecular weight excluding hydrogens is 307 g/mol. The van der Waals surface area contributed by atoms with Gasteiger partial charge in [-0.3, -0.25) is 4.79 Å². The molecule has 5 nitrogen and oxygen atoms in total. The number of nitrogens with one attached hydrogen (secondary N) is 2. The molecule has 0 unspecified atom stereocenters. The highest BCUT2D eigenvalue weighted by molar-refractivity contribution is 5.98. The minimum Gasteiger partial charge on any atom is -0.380 e. The van der Waals surface area contributed by atoms with E-state index >= 15 is 0 Å². The summed E-state index contributed by atoms with van der Waals surface area (Å²) in [5.74, 6) is 0.345. The largest absolute Gasteiger partial charge is 0.380 e. The zero-order chi connectivity index (χ0) is 16.9. The van der Waals surface area contributed by atoms with Crippen molar-refractivity contribution in [2.75, 3.05) is 30.4 Å². The van der Waals surface area contributed by atoms with Gasteiger partial charge in [-0.05, 0) is 37.1 Å². The van der Waals surface area contributed by atoms with Gasteiger partial charge in [-0.1, -0.05) is 12.1 Å². The van der Waals surface area contributed by atoms with Crippen molar-refractivity contribution in [3.8, 4) is 0 Å². The number of rotatable bonds is 4. The summed E-state index contributed by atoms with van der Waals surface area (Å²) in [6, 6.07) is 10.5. The van der Waals surface area contributed by atoms with E-state index in [0.717, 1.165) is 25.9 Å². The average Bonchev–Trinajstić information content (AvgIpc) is 2.63. The maximum Gasteiger partial charge on any atom is 0.254 e. The SMILES string of the molecule is CNC(=O)c1cccnc1N1CCC(Nc2ccccc2F)CC1. The van der Waals surface area contributed by atoms with Crippen LogP contribution in [0.15, 0.2) is 42.6 Å². The van der Waals surface area contributed by atoms with Crippen molar-refractivity contribution < 1.29 is 9.18 Å². The summed E-state index contributed by atoms with van der Waals surface area (Å²) in [5, 5.41) is 5.92. The molecule has 2 aromatic rings. The molecule has 0 spiro atoms. The molecule has 1 aromatic heterocycles. The number of carbonyl (C=O) groups excluding carboxylic acids is 1. The van der Waals surface area contributed by atoms with E-state index in [1.807, 2.05) is 6.07 Å². The fraction of sp³-hybridized carbons (Fsp3) is 0.333. The Bertz CT molecular complexity index is 714. The summed E-state index contributed by atoms with van der Waals surface area (Å²) in [7, 11) is 1.61. The van der Waals surface area contributed by atoms with Crippen molar-refractivity contribution >= 4 is 17.4 Å². The van der Waals surface area contributed by atoms with Crippen molar-refractivity contribution in [1.82, 2.24) is 10.3 Å². The summed E-state index contributed by atoms with van der Waals surface area (Å²) in [6.45, 7) is 1.54. The molecular formula is C18H21FN4O. The zero-order valence-corrected chi connectivity index (χ0v) is 13.6. The molecule has 1 saturated heterocycles.